The summed E-state index contributed by atoms with van der Waals surface area (Å²) in [4.78, 5) is 0. The van der Waals surface area contributed by atoms with Crippen LogP contribution in [0.15, 0.2) is 12.7 Å². The van der Waals surface area contributed by atoms with E-state index in [1.165, 1.54) is 0 Å². The van der Waals surface area contributed by atoms with Gasteiger partial charge in [-0.05, 0) is 6.92 Å². The number of hydrogen-bond donors (Lipinski definition) is 1. The molecule has 0 saturated carbocycles. The predicted molar refractivity (Wildman–Crippen MR) is 37.4 cm³/mol. The van der Waals surface area contributed by atoms with Crippen LogP contribution in [0, 0.1) is 0 Å². The fraction of sp³-hybridized carbons (Fsp3) is 0.714. The maximum absolute atomic E-state index is 4.98. The maximum atomic E-state index is 4.98. The van der Waals surface area contributed by atoms with Crippen molar-refractivity contribution in [2.75, 3.05) is 13.2 Å². The molecule has 1 aliphatic rings. The van der Waals surface area contributed by atoms with Crippen LogP contribution >= 0.6 is 0 Å². The Balaban J connectivity index is 2.08. The van der Waals surface area contributed by atoms with Gasteiger partial charge in [-0.25, -0.2) is 0 Å². The van der Waals surface area contributed by atoms with E-state index in [9.17, 15) is 0 Å². The monoisotopic (exact) mass is 127 g/mol. The fourth-order valence-corrected chi connectivity index (χ4v) is 0.772. The molecule has 0 spiro atoms. The van der Waals surface area contributed by atoms with Gasteiger partial charge in [0, 0.05) is 6.04 Å². The van der Waals surface area contributed by atoms with Gasteiger partial charge in [-0.1, -0.05) is 6.08 Å². The molecule has 1 aliphatic heterocycles. The number of rotatable bonds is 3. The Morgan fingerprint density at radius 3 is 2.78 bits per heavy atom. The summed E-state index contributed by atoms with van der Waals surface area (Å²) in [6, 6.07) is 0.983. The van der Waals surface area contributed by atoms with Crippen LogP contribution < -0.4 is 5.32 Å². The minimum atomic E-state index is 0.416. The van der Waals surface area contributed by atoms with Gasteiger partial charge in [0.2, 0.25) is 0 Å². The molecule has 1 fully saturated rings. The van der Waals surface area contributed by atoms with Crippen LogP contribution in [0.4, 0.5) is 0 Å². The molecule has 1 heterocycles. The summed E-state index contributed by atoms with van der Waals surface area (Å²) >= 11 is 0. The molecule has 1 atom stereocenters. The highest BCUT2D eigenvalue weighted by Gasteiger charge is 2.18. The average molecular weight is 127 g/mol. The minimum absolute atomic E-state index is 0.416. The first-order chi connectivity index (χ1) is 4.33. The van der Waals surface area contributed by atoms with Gasteiger partial charge < -0.3 is 10.1 Å². The minimum Gasteiger partial charge on any atom is -0.378 e. The van der Waals surface area contributed by atoms with E-state index in [1.807, 2.05) is 6.08 Å². The van der Waals surface area contributed by atoms with Crippen molar-refractivity contribution in [2.45, 2.75) is 19.0 Å². The van der Waals surface area contributed by atoms with Gasteiger partial charge in [-0.15, -0.1) is 6.58 Å². The Morgan fingerprint density at radius 1 is 1.78 bits per heavy atom. The van der Waals surface area contributed by atoms with Gasteiger partial charge in [-0.2, -0.15) is 0 Å². The zero-order valence-corrected chi connectivity index (χ0v) is 5.76. The Hall–Kier alpha value is -0.340. The van der Waals surface area contributed by atoms with Crippen LogP contribution in [-0.4, -0.2) is 25.3 Å². The van der Waals surface area contributed by atoms with Crippen molar-refractivity contribution in [3.63, 3.8) is 0 Å². The molecule has 0 aromatic heterocycles. The molecule has 0 aliphatic carbocycles. The lowest BCUT2D eigenvalue weighted by atomic mass is 10.2. The van der Waals surface area contributed by atoms with Crippen molar-refractivity contribution in [3.8, 4) is 0 Å². The molecule has 2 heteroatoms. The maximum Gasteiger partial charge on any atom is 0.0643 e. The normalized spacial score (nSPS) is 22.8. The van der Waals surface area contributed by atoms with Crippen molar-refractivity contribution in [1.82, 2.24) is 5.32 Å². The molecular weight excluding hydrogens is 114 g/mol. The molecule has 0 amide bonds. The highest BCUT2D eigenvalue weighted by molar-refractivity contribution is 4.86. The molecule has 2 nitrogen and oxygen atoms in total. The van der Waals surface area contributed by atoms with Crippen LogP contribution in [0.3, 0.4) is 0 Å². The molecular formula is C7H13NO. The average Bonchev–Trinajstić information content (AvgIpc) is 1.78. The van der Waals surface area contributed by atoms with Crippen LogP contribution in [0.1, 0.15) is 6.92 Å². The second-order valence-corrected chi connectivity index (χ2v) is 2.43. The number of ether oxygens (including phenoxy) is 1. The van der Waals surface area contributed by atoms with Crippen LogP contribution in [-0.2, 0) is 4.74 Å². The van der Waals surface area contributed by atoms with Crippen LogP contribution in [0.2, 0.25) is 0 Å². The molecule has 0 aromatic rings. The highest BCUT2D eigenvalue weighted by atomic mass is 16.5. The topological polar surface area (TPSA) is 21.3 Å². The summed E-state index contributed by atoms with van der Waals surface area (Å²) in [5.41, 5.74) is 0. The number of nitrogens with one attached hydrogen (secondary N) is 1. The Bertz CT molecular complexity index is 99.1. The van der Waals surface area contributed by atoms with Gasteiger partial charge in [0.25, 0.3) is 0 Å². The summed E-state index contributed by atoms with van der Waals surface area (Å²) in [7, 11) is 0. The van der Waals surface area contributed by atoms with Crippen molar-refractivity contribution in [1.29, 1.82) is 0 Å². The van der Waals surface area contributed by atoms with Gasteiger partial charge in [0.05, 0.1) is 19.3 Å². The Morgan fingerprint density at radius 2 is 2.44 bits per heavy atom. The Kier molecular flexibility index (Phi) is 2.25. The van der Waals surface area contributed by atoms with Gasteiger partial charge in [0.15, 0.2) is 0 Å². The third kappa shape index (κ3) is 1.80. The first-order valence-corrected chi connectivity index (χ1v) is 3.29. The van der Waals surface area contributed by atoms with Crippen molar-refractivity contribution in [3.05, 3.63) is 12.7 Å². The first kappa shape index (κ1) is 6.78. The van der Waals surface area contributed by atoms with E-state index in [2.05, 4.69) is 18.8 Å². The summed E-state index contributed by atoms with van der Waals surface area (Å²) in [6.07, 6.45) is 1.90. The molecule has 0 bridgehead atoms. The highest BCUT2D eigenvalue weighted by Crippen LogP contribution is 2.00. The summed E-state index contributed by atoms with van der Waals surface area (Å²) in [5, 5.41) is 3.32. The second kappa shape index (κ2) is 2.99. The first-order valence-electron chi connectivity index (χ1n) is 3.29. The molecule has 1 rings (SSSR count). The van der Waals surface area contributed by atoms with Crippen molar-refractivity contribution >= 4 is 0 Å². The summed E-state index contributed by atoms with van der Waals surface area (Å²) in [5.74, 6) is 0. The lowest BCUT2D eigenvalue weighted by Gasteiger charge is -2.28. The van der Waals surface area contributed by atoms with Gasteiger partial charge in [0.1, 0.15) is 0 Å². The summed E-state index contributed by atoms with van der Waals surface area (Å²) in [6.45, 7) is 7.48. The molecule has 1 N–H and O–H groups in total. The van der Waals surface area contributed by atoms with E-state index in [-0.39, 0.29) is 0 Å². The quantitative estimate of drug-likeness (QED) is 0.559. The standard InChI is InChI=1S/C7H13NO/c1-3-6(2)8-7-4-9-5-7/h3,6-8H,1,4-5H2,2H3. The fourth-order valence-electron chi connectivity index (χ4n) is 0.772. The van der Waals surface area contributed by atoms with E-state index in [0.717, 1.165) is 13.2 Å². The van der Waals surface area contributed by atoms with E-state index in [1.54, 1.807) is 0 Å². The molecule has 0 radical (unpaired) electrons. The molecule has 1 saturated heterocycles. The third-order valence-electron chi connectivity index (χ3n) is 1.49. The molecule has 52 valence electrons. The Labute approximate surface area is 55.9 Å². The third-order valence-corrected chi connectivity index (χ3v) is 1.49. The van der Waals surface area contributed by atoms with E-state index in [4.69, 9.17) is 4.74 Å². The van der Waals surface area contributed by atoms with E-state index >= 15 is 0 Å². The molecule has 1 unspecified atom stereocenters. The molecule has 9 heavy (non-hydrogen) atoms. The smallest absolute Gasteiger partial charge is 0.0643 e. The van der Waals surface area contributed by atoms with Crippen LogP contribution in [0.5, 0.6) is 0 Å². The largest absolute Gasteiger partial charge is 0.378 e. The lowest BCUT2D eigenvalue weighted by molar-refractivity contribution is -0.00708. The summed E-state index contributed by atoms with van der Waals surface area (Å²) < 4.78 is 4.98. The van der Waals surface area contributed by atoms with Gasteiger partial charge in [-0.3, -0.25) is 0 Å². The SMILES string of the molecule is C=CC(C)NC1COC1. The molecule has 0 aromatic carbocycles. The van der Waals surface area contributed by atoms with E-state index in [0.29, 0.717) is 12.1 Å². The lowest BCUT2D eigenvalue weighted by Crippen LogP contribution is -2.48. The second-order valence-electron chi connectivity index (χ2n) is 2.43. The number of hydrogen-bond acceptors (Lipinski definition) is 2. The van der Waals surface area contributed by atoms with Crippen LogP contribution in [0.25, 0.3) is 0 Å². The van der Waals surface area contributed by atoms with Crippen molar-refractivity contribution in [2.24, 2.45) is 0 Å². The predicted octanol–water partition coefficient (Wildman–Crippen LogP) is 0.549. The van der Waals surface area contributed by atoms with E-state index < -0.39 is 0 Å². The van der Waals surface area contributed by atoms with Gasteiger partial charge >= 0.3 is 0 Å². The van der Waals surface area contributed by atoms with Crippen molar-refractivity contribution < 1.29 is 4.74 Å². The zero-order valence-electron chi connectivity index (χ0n) is 5.76. The zero-order chi connectivity index (χ0) is 6.69.